The first-order valence-corrected chi connectivity index (χ1v) is 4.75. The van der Waals surface area contributed by atoms with Crippen LogP contribution in [0.2, 0.25) is 0 Å². The molecule has 0 bridgehead atoms. The standard InChI is InChI=1S/C8H15F3N2S/c1-3-13(5-8(9,10)11)4-6(2)7(12)14/h6H,3-5H2,1-2H3,(H2,12,14). The van der Waals surface area contributed by atoms with E-state index in [-0.39, 0.29) is 17.5 Å². The lowest BCUT2D eigenvalue weighted by Gasteiger charge is -2.24. The Balaban J connectivity index is 4.10. The van der Waals surface area contributed by atoms with Crippen LogP contribution < -0.4 is 5.73 Å². The quantitative estimate of drug-likeness (QED) is 0.727. The lowest BCUT2D eigenvalue weighted by Crippen LogP contribution is -2.39. The van der Waals surface area contributed by atoms with E-state index in [9.17, 15) is 13.2 Å². The highest BCUT2D eigenvalue weighted by Crippen LogP contribution is 2.17. The second-order valence-electron chi connectivity index (χ2n) is 3.25. The number of halogens is 3. The summed E-state index contributed by atoms with van der Waals surface area (Å²) in [5.41, 5.74) is 5.33. The Bertz CT molecular complexity index is 194. The second-order valence-corrected chi connectivity index (χ2v) is 3.72. The lowest BCUT2D eigenvalue weighted by molar-refractivity contribution is -0.146. The van der Waals surface area contributed by atoms with E-state index in [4.69, 9.17) is 18.0 Å². The SMILES string of the molecule is CCN(CC(C)C(N)=S)CC(F)(F)F. The molecule has 84 valence electrons. The molecular formula is C8H15F3N2S. The van der Waals surface area contributed by atoms with Gasteiger partial charge in [0.15, 0.2) is 0 Å². The van der Waals surface area contributed by atoms with Crippen molar-refractivity contribution in [2.75, 3.05) is 19.6 Å². The zero-order chi connectivity index (χ0) is 11.4. The fourth-order valence-corrected chi connectivity index (χ4v) is 1.11. The predicted octanol–water partition coefficient (Wildman–Crippen LogP) is 1.79. The molecule has 0 rings (SSSR count). The number of thiocarbonyl (C=S) groups is 1. The largest absolute Gasteiger partial charge is 0.401 e. The van der Waals surface area contributed by atoms with Crippen LogP contribution in [0.1, 0.15) is 13.8 Å². The first-order chi connectivity index (χ1) is 6.26. The molecular weight excluding hydrogens is 213 g/mol. The Morgan fingerprint density at radius 3 is 2.29 bits per heavy atom. The minimum Gasteiger partial charge on any atom is -0.393 e. The highest BCUT2D eigenvalue weighted by molar-refractivity contribution is 7.80. The summed E-state index contributed by atoms with van der Waals surface area (Å²) in [5, 5.41) is 0. The molecule has 0 fully saturated rings. The van der Waals surface area contributed by atoms with Crippen LogP contribution in [0.15, 0.2) is 0 Å². The minimum absolute atomic E-state index is 0.188. The summed E-state index contributed by atoms with van der Waals surface area (Å²) in [5.74, 6) is -0.188. The predicted molar refractivity (Wildman–Crippen MR) is 54.1 cm³/mol. The molecule has 0 amide bonds. The summed E-state index contributed by atoms with van der Waals surface area (Å²) in [6.45, 7) is 3.09. The first kappa shape index (κ1) is 13.6. The van der Waals surface area contributed by atoms with E-state index in [1.54, 1.807) is 13.8 Å². The van der Waals surface area contributed by atoms with Crippen LogP contribution in [0.5, 0.6) is 0 Å². The molecule has 0 aromatic rings. The van der Waals surface area contributed by atoms with Crippen molar-refractivity contribution in [3.8, 4) is 0 Å². The monoisotopic (exact) mass is 228 g/mol. The number of nitrogens with two attached hydrogens (primary N) is 1. The van der Waals surface area contributed by atoms with Gasteiger partial charge in [0.2, 0.25) is 0 Å². The molecule has 14 heavy (non-hydrogen) atoms. The van der Waals surface area contributed by atoms with Gasteiger partial charge in [-0.1, -0.05) is 26.1 Å². The number of nitrogens with zero attached hydrogens (tertiary/aromatic N) is 1. The van der Waals surface area contributed by atoms with Gasteiger partial charge in [-0.2, -0.15) is 13.2 Å². The molecule has 6 heteroatoms. The maximum atomic E-state index is 12.0. The fraction of sp³-hybridized carbons (Fsp3) is 0.875. The van der Waals surface area contributed by atoms with Crippen molar-refractivity contribution in [2.45, 2.75) is 20.0 Å². The molecule has 0 heterocycles. The van der Waals surface area contributed by atoms with Gasteiger partial charge in [-0.15, -0.1) is 0 Å². The maximum absolute atomic E-state index is 12.0. The zero-order valence-corrected chi connectivity index (χ0v) is 9.08. The van der Waals surface area contributed by atoms with Crippen LogP contribution in [-0.2, 0) is 0 Å². The van der Waals surface area contributed by atoms with E-state index in [0.29, 0.717) is 6.54 Å². The van der Waals surface area contributed by atoms with Gasteiger partial charge >= 0.3 is 6.18 Å². The maximum Gasteiger partial charge on any atom is 0.401 e. The van der Waals surface area contributed by atoms with E-state index >= 15 is 0 Å². The average Bonchev–Trinajstić information content (AvgIpc) is 2.00. The molecule has 0 aromatic carbocycles. The number of alkyl halides is 3. The topological polar surface area (TPSA) is 29.3 Å². The van der Waals surface area contributed by atoms with Crippen LogP contribution in [0.3, 0.4) is 0 Å². The molecule has 0 radical (unpaired) electrons. The molecule has 2 nitrogen and oxygen atoms in total. The molecule has 1 unspecified atom stereocenters. The minimum atomic E-state index is -4.16. The van der Waals surface area contributed by atoms with Gasteiger partial charge < -0.3 is 5.73 Å². The van der Waals surface area contributed by atoms with E-state index in [2.05, 4.69) is 0 Å². The van der Waals surface area contributed by atoms with Crippen LogP contribution in [-0.4, -0.2) is 35.7 Å². The molecule has 0 saturated carbocycles. The summed E-state index contributed by atoms with van der Waals surface area (Å²) >= 11 is 4.70. The van der Waals surface area contributed by atoms with Gasteiger partial charge in [0.05, 0.1) is 11.5 Å². The third kappa shape index (κ3) is 6.15. The lowest BCUT2D eigenvalue weighted by atomic mass is 10.1. The third-order valence-electron chi connectivity index (χ3n) is 1.87. The van der Waals surface area contributed by atoms with E-state index in [0.717, 1.165) is 0 Å². The fourth-order valence-electron chi connectivity index (χ4n) is 1.04. The van der Waals surface area contributed by atoms with Crippen molar-refractivity contribution >= 4 is 17.2 Å². The smallest absolute Gasteiger partial charge is 0.393 e. The Labute approximate surface area is 87.2 Å². The normalized spacial score (nSPS) is 14.4. The number of hydrogen-bond donors (Lipinski definition) is 1. The summed E-state index contributed by atoms with van der Waals surface area (Å²) in [6, 6.07) is 0. The van der Waals surface area contributed by atoms with E-state index < -0.39 is 12.7 Å². The van der Waals surface area contributed by atoms with Gasteiger partial charge in [0, 0.05) is 12.5 Å². The van der Waals surface area contributed by atoms with Crippen molar-refractivity contribution in [3.05, 3.63) is 0 Å². The summed E-state index contributed by atoms with van der Waals surface area (Å²) in [6.07, 6.45) is -4.16. The van der Waals surface area contributed by atoms with Crippen molar-refractivity contribution in [2.24, 2.45) is 11.7 Å². The van der Waals surface area contributed by atoms with Crippen molar-refractivity contribution in [3.63, 3.8) is 0 Å². The van der Waals surface area contributed by atoms with Gasteiger partial charge in [-0.25, -0.2) is 0 Å². The van der Waals surface area contributed by atoms with Crippen molar-refractivity contribution in [1.29, 1.82) is 0 Å². The molecule has 1 atom stereocenters. The molecule has 0 aliphatic heterocycles. The van der Waals surface area contributed by atoms with E-state index in [1.165, 1.54) is 4.90 Å². The molecule has 0 aliphatic rings. The Kier molecular flexibility index (Phi) is 5.36. The van der Waals surface area contributed by atoms with Gasteiger partial charge in [-0.05, 0) is 6.54 Å². The molecule has 2 N–H and O–H groups in total. The van der Waals surface area contributed by atoms with Crippen molar-refractivity contribution in [1.82, 2.24) is 4.90 Å². The average molecular weight is 228 g/mol. The highest BCUT2D eigenvalue weighted by atomic mass is 32.1. The van der Waals surface area contributed by atoms with Crippen LogP contribution in [0.4, 0.5) is 13.2 Å². The molecule has 0 saturated heterocycles. The Morgan fingerprint density at radius 2 is 2.00 bits per heavy atom. The van der Waals surface area contributed by atoms with Gasteiger partial charge in [-0.3, -0.25) is 4.90 Å². The molecule has 0 aliphatic carbocycles. The first-order valence-electron chi connectivity index (χ1n) is 4.34. The van der Waals surface area contributed by atoms with Crippen molar-refractivity contribution < 1.29 is 13.2 Å². The third-order valence-corrected chi connectivity index (χ3v) is 2.27. The zero-order valence-electron chi connectivity index (χ0n) is 8.27. The second kappa shape index (κ2) is 5.50. The van der Waals surface area contributed by atoms with E-state index in [1.807, 2.05) is 0 Å². The molecule has 0 spiro atoms. The number of hydrogen-bond acceptors (Lipinski definition) is 2. The van der Waals surface area contributed by atoms with Gasteiger partial charge in [0.1, 0.15) is 0 Å². The van der Waals surface area contributed by atoms with Crippen LogP contribution >= 0.6 is 12.2 Å². The summed E-state index contributed by atoms with van der Waals surface area (Å²) in [4.78, 5) is 1.54. The van der Waals surface area contributed by atoms with Crippen LogP contribution in [0, 0.1) is 5.92 Å². The Morgan fingerprint density at radius 1 is 1.50 bits per heavy atom. The summed E-state index contributed by atoms with van der Waals surface area (Å²) < 4.78 is 36.1. The highest BCUT2D eigenvalue weighted by Gasteiger charge is 2.30. The summed E-state index contributed by atoms with van der Waals surface area (Å²) in [7, 11) is 0. The van der Waals surface area contributed by atoms with Gasteiger partial charge in [0.25, 0.3) is 0 Å². The Hall–Kier alpha value is -0.360. The number of rotatable bonds is 5. The molecule has 0 aromatic heterocycles. The van der Waals surface area contributed by atoms with Crippen LogP contribution in [0.25, 0.3) is 0 Å².